The molecule has 0 N–H and O–H groups in total. The van der Waals surface area contributed by atoms with Gasteiger partial charge in [-0.2, -0.15) is 0 Å². The zero-order chi connectivity index (χ0) is 13.1. The molecule has 0 bridgehead atoms. The predicted molar refractivity (Wildman–Crippen MR) is 67.9 cm³/mol. The summed E-state index contributed by atoms with van der Waals surface area (Å²) in [6.07, 6.45) is 1.53. The third kappa shape index (κ3) is 2.79. The molecule has 18 heavy (non-hydrogen) atoms. The van der Waals surface area contributed by atoms with E-state index in [0.29, 0.717) is 18.7 Å². The molecule has 1 aromatic carbocycles. The van der Waals surface area contributed by atoms with E-state index in [1.54, 1.807) is 11.0 Å². The molecule has 1 fully saturated rings. The molecule has 0 atom stereocenters. The van der Waals surface area contributed by atoms with Crippen molar-refractivity contribution in [3.63, 3.8) is 0 Å². The summed E-state index contributed by atoms with van der Waals surface area (Å²) in [5.41, 5.74) is 0.297. The van der Waals surface area contributed by atoms with Gasteiger partial charge in [0, 0.05) is 36.2 Å². The summed E-state index contributed by atoms with van der Waals surface area (Å²) in [6, 6.07) is 5.82. The molecular formula is C12H13ClN2O3. The number of alkyl halides is 1. The van der Waals surface area contributed by atoms with Crippen LogP contribution in [0.2, 0.25) is 0 Å². The number of hydrogen-bond donors (Lipinski definition) is 0. The van der Waals surface area contributed by atoms with E-state index in [4.69, 9.17) is 11.6 Å². The Labute approximate surface area is 109 Å². The molecule has 1 saturated heterocycles. The second kappa shape index (κ2) is 5.35. The largest absolute Gasteiger partial charge is 0.339 e. The number of nitrogens with zero attached hydrogens (tertiary/aromatic N) is 2. The summed E-state index contributed by atoms with van der Waals surface area (Å²) in [6.45, 7) is 1.21. The van der Waals surface area contributed by atoms with E-state index >= 15 is 0 Å². The molecule has 1 aliphatic heterocycles. The van der Waals surface area contributed by atoms with Crippen molar-refractivity contribution in [1.29, 1.82) is 0 Å². The smallest absolute Gasteiger partial charge is 0.270 e. The molecule has 5 nitrogen and oxygen atoms in total. The van der Waals surface area contributed by atoms with Crippen LogP contribution in [-0.2, 0) is 0 Å². The quantitative estimate of drug-likeness (QED) is 0.470. The number of benzene rings is 1. The normalized spacial score (nSPS) is 16.6. The van der Waals surface area contributed by atoms with Crippen molar-refractivity contribution < 1.29 is 9.72 Å². The first-order chi connectivity index (χ1) is 8.58. The van der Waals surface area contributed by atoms with Gasteiger partial charge in [0.25, 0.3) is 11.6 Å². The standard InChI is InChI=1S/C12H13ClN2O3/c13-10-4-6-14(7-5-10)12(16)9-2-1-3-11(8-9)15(17)18/h1-3,8,10H,4-7H2. The number of non-ortho nitro benzene ring substituents is 1. The van der Waals surface area contributed by atoms with Gasteiger partial charge in [-0.25, -0.2) is 0 Å². The number of carbonyl (C=O) groups is 1. The zero-order valence-electron chi connectivity index (χ0n) is 9.71. The molecule has 1 heterocycles. The van der Waals surface area contributed by atoms with Crippen molar-refractivity contribution >= 4 is 23.2 Å². The van der Waals surface area contributed by atoms with Gasteiger partial charge in [-0.05, 0) is 18.9 Å². The number of amides is 1. The lowest BCUT2D eigenvalue weighted by atomic mass is 10.1. The van der Waals surface area contributed by atoms with Crippen LogP contribution >= 0.6 is 11.6 Å². The summed E-state index contributed by atoms with van der Waals surface area (Å²) in [5, 5.41) is 10.8. The van der Waals surface area contributed by atoms with Gasteiger partial charge in [0.05, 0.1) is 4.92 Å². The third-order valence-corrected chi connectivity index (χ3v) is 3.45. The number of nitro groups is 1. The average molecular weight is 269 g/mol. The SMILES string of the molecule is O=C(c1cccc([N+](=O)[O-])c1)N1CCC(Cl)CC1. The van der Waals surface area contributed by atoms with Gasteiger partial charge in [-0.15, -0.1) is 11.6 Å². The van der Waals surface area contributed by atoms with Gasteiger partial charge in [-0.3, -0.25) is 14.9 Å². The first kappa shape index (κ1) is 12.8. The Bertz CT molecular complexity index is 470. The fourth-order valence-corrected chi connectivity index (χ4v) is 2.18. The Balaban J connectivity index is 2.13. The molecule has 0 radical (unpaired) electrons. The van der Waals surface area contributed by atoms with E-state index in [1.807, 2.05) is 0 Å². The van der Waals surface area contributed by atoms with E-state index in [1.165, 1.54) is 18.2 Å². The number of carbonyl (C=O) groups excluding carboxylic acids is 1. The number of hydrogen-bond acceptors (Lipinski definition) is 3. The third-order valence-electron chi connectivity index (χ3n) is 3.02. The first-order valence-corrected chi connectivity index (χ1v) is 6.19. The maximum atomic E-state index is 12.1. The van der Waals surface area contributed by atoms with Gasteiger partial charge in [0.2, 0.25) is 0 Å². The summed E-state index contributed by atoms with van der Waals surface area (Å²) in [7, 11) is 0. The van der Waals surface area contributed by atoms with Gasteiger partial charge >= 0.3 is 0 Å². The fraction of sp³-hybridized carbons (Fsp3) is 0.417. The summed E-state index contributed by atoms with van der Waals surface area (Å²) in [5.74, 6) is -0.165. The van der Waals surface area contributed by atoms with Gasteiger partial charge in [0.1, 0.15) is 0 Å². The molecule has 1 aliphatic rings. The number of piperidine rings is 1. The van der Waals surface area contributed by atoms with Crippen molar-refractivity contribution in [2.75, 3.05) is 13.1 Å². The highest BCUT2D eigenvalue weighted by Gasteiger charge is 2.23. The molecule has 0 aliphatic carbocycles. The number of nitro benzene ring substituents is 1. The van der Waals surface area contributed by atoms with E-state index in [9.17, 15) is 14.9 Å². The number of halogens is 1. The molecule has 0 unspecified atom stereocenters. The van der Waals surface area contributed by atoms with Crippen molar-refractivity contribution in [2.45, 2.75) is 18.2 Å². The van der Waals surface area contributed by atoms with Gasteiger partial charge in [-0.1, -0.05) is 6.07 Å². The Morgan fingerprint density at radius 3 is 2.67 bits per heavy atom. The molecule has 6 heteroatoms. The van der Waals surface area contributed by atoms with Crippen molar-refractivity contribution in [3.8, 4) is 0 Å². The molecule has 0 saturated carbocycles. The maximum Gasteiger partial charge on any atom is 0.270 e. The van der Waals surface area contributed by atoms with Crippen LogP contribution in [-0.4, -0.2) is 34.2 Å². The average Bonchev–Trinajstić information content (AvgIpc) is 2.39. The second-order valence-electron chi connectivity index (χ2n) is 4.27. The molecule has 96 valence electrons. The fourth-order valence-electron chi connectivity index (χ4n) is 1.99. The Morgan fingerprint density at radius 2 is 2.06 bits per heavy atom. The minimum atomic E-state index is -0.498. The minimum Gasteiger partial charge on any atom is -0.339 e. The van der Waals surface area contributed by atoms with E-state index in [0.717, 1.165) is 12.8 Å². The molecule has 2 rings (SSSR count). The minimum absolute atomic E-state index is 0.0620. The summed E-state index contributed by atoms with van der Waals surface area (Å²) < 4.78 is 0. The highest BCUT2D eigenvalue weighted by Crippen LogP contribution is 2.19. The van der Waals surface area contributed by atoms with Gasteiger partial charge < -0.3 is 4.90 Å². The molecule has 1 amide bonds. The number of rotatable bonds is 2. The van der Waals surface area contributed by atoms with Crippen molar-refractivity contribution in [3.05, 3.63) is 39.9 Å². The zero-order valence-corrected chi connectivity index (χ0v) is 10.5. The topological polar surface area (TPSA) is 63.4 Å². The monoisotopic (exact) mass is 268 g/mol. The highest BCUT2D eigenvalue weighted by atomic mass is 35.5. The lowest BCUT2D eigenvalue weighted by Gasteiger charge is -2.29. The Hall–Kier alpha value is -1.62. The van der Waals surface area contributed by atoms with E-state index < -0.39 is 4.92 Å². The summed E-state index contributed by atoms with van der Waals surface area (Å²) >= 11 is 5.97. The van der Waals surface area contributed by atoms with Crippen LogP contribution in [0.4, 0.5) is 5.69 Å². The Morgan fingerprint density at radius 1 is 1.39 bits per heavy atom. The number of likely N-dealkylation sites (tertiary alicyclic amines) is 1. The molecular weight excluding hydrogens is 256 g/mol. The van der Waals surface area contributed by atoms with Crippen LogP contribution in [0.5, 0.6) is 0 Å². The lowest BCUT2D eigenvalue weighted by Crippen LogP contribution is -2.38. The van der Waals surface area contributed by atoms with Crippen LogP contribution in [0.3, 0.4) is 0 Å². The van der Waals surface area contributed by atoms with Gasteiger partial charge in [0.15, 0.2) is 0 Å². The Kier molecular flexibility index (Phi) is 3.81. The molecule has 1 aromatic rings. The van der Waals surface area contributed by atoms with Crippen molar-refractivity contribution in [2.24, 2.45) is 0 Å². The molecule has 0 spiro atoms. The maximum absolute atomic E-state index is 12.1. The van der Waals surface area contributed by atoms with Crippen LogP contribution in [0.1, 0.15) is 23.2 Å². The second-order valence-corrected chi connectivity index (χ2v) is 4.89. The predicted octanol–water partition coefficient (Wildman–Crippen LogP) is 2.44. The van der Waals surface area contributed by atoms with Crippen molar-refractivity contribution in [1.82, 2.24) is 4.90 Å². The van der Waals surface area contributed by atoms with E-state index in [-0.39, 0.29) is 17.0 Å². The molecule has 0 aromatic heterocycles. The van der Waals surface area contributed by atoms with Crippen LogP contribution in [0.25, 0.3) is 0 Å². The highest BCUT2D eigenvalue weighted by molar-refractivity contribution is 6.20. The van der Waals surface area contributed by atoms with Crippen LogP contribution in [0, 0.1) is 10.1 Å². The lowest BCUT2D eigenvalue weighted by molar-refractivity contribution is -0.384. The first-order valence-electron chi connectivity index (χ1n) is 5.76. The summed E-state index contributed by atoms with van der Waals surface area (Å²) in [4.78, 5) is 24.0. The van der Waals surface area contributed by atoms with E-state index in [2.05, 4.69) is 0 Å². The van der Waals surface area contributed by atoms with Crippen LogP contribution in [0.15, 0.2) is 24.3 Å². The van der Waals surface area contributed by atoms with Crippen LogP contribution < -0.4 is 0 Å².